The lowest BCUT2D eigenvalue weighted by atomic mass is 10.0. The van der Waals surface area contributed by atoms with Crippen LogP contribution in [0.15, 0.2) is 36.5 Å². The summed E-state index contributed by atoms with van der Waals surface area (Å²) in [7, 11) is -0.384. The Morgan fingerprint density at radius 1 is 1.06 bits per heavy atom. The SMILES string of the molecule is COC(=O)Nc1ccc2c(c1)N(C(=O)C(F)(F)F)[C@@H](C(=O)O)C/C=C/C[C@H](NC(=O)OC(C)(C)C)c1nc-2cn1COCC[Si](C)(C)C. The van der Waals surface area contributed by atoms with Gasteiger partial charge in [0.25, 0.3) is 0 Å². The van der Waals surface area contributed by atoms with E-state index in [0.717, 1.165) is 19.2 Å². The Kier molecular flexibility index (Phi) is 12.1. The van der Waals surface area contributed by atoms with Gasteiger partial charge in [0.2, 0.25) is 0 Å². The molecule has 1 aromatic carbocycles. The molecule has 17 heteroatoms. The molecule has 0 spiro atoms. The van der Waals surface area contributed by atoms with Crippen LogP contribution in [0.4, 0.5) is 34.1 Å². The van der Waals surface area contributed by atoms with Crippen molar-refractivity contribution in [3.8, 4) is 11.3 Å². The van der Waals surface area contributed by atoms with Crippen molar-refractivity contribution in [2.75, 3.05) is 23.9 Å². The number of anilines is 2. The number of nitrogens with one attached hydrogen (secondary N) is 2. The first-order chi connectivity index (χ1) is 22.2. The number of carboxylic acid groups (broad SMARTS) is 1. The van der Waals surface area contributed by atoms with Crippen molar-refractivity contribution in [3.05, 3.63) is 42.4 Å². The van der Waals surface area contributed by atoms with Crippen LogP contribution in [0.3, 0.4) is 0 Å². The minimum atomic E-state index is -5.46. The molecule has 3 N–H and O–H groups in total. The molecule has 0 unspecified atom stereocenters. The van der Waals surface area contributed by atoms with E-state index in [2.05, 4.69) is 40.0 Å². The number of hydrogen-bond donors (Lipinski definition) is 3. The van der Waals surface area contributed by atoms with E-state index < -0.39 is 68.1 Å². The molecular formula is C31H42F3N5O8Si. The Bertz CT molecular complexity index is 1530. The number of carbonyl (C=O) groups excluding carboxylic acids is 3. The number of amides is 3. The number of halogens is 3. The van der Waals surface area contributed by atoms with Gasteiger partial charge in [0, 0.05) is 32.1 Å². The molecule has 3 rings (SSSR count). The quantitative estimate of drug-likeness (QED) is 0.163. The number of carbonyl (C=O) groups is 4. The van der Waals surface area contributed by atoms with Gasteiger partial charge in [-0.3, -0.25) is 15.0 Å². The highest BCUT2D eigenvalue weighted by atomic mass is 28.3. The summed E-state index contributed by atoms with van der Waals surface area (Å²) in [6, 6.07) is 1.66. The molecule has 264 valence electrons. The van der Waals surface area contributed by atoms with Crippen LogP contribution in [-0.2, 0) is 30.5 Å². The van der Waals surface area contributed by atoms with Crippen molar-refractivity contribution in [2.24, 2.45) is 0 Å². The predicted molar refractivity (Wildman–Crippen MR) is 173 cm³/mol. The van der Waals surface area contributed by atoms with Crippen molar-refractivity contribution in [2.45, 2.75) is 89.9 Å². The molecule has 0 radical (unpaired) electrons. The van der Waals surface area contributed by atoms with Crippen LogP contribution in [0.5, 0.6) is 0 Å². The summed E-state index contributed by atoms with van der Waals surface area (Å²) >= 11 is 0. The lowest BCUT2D eigenvalue weighted by molar-refractivity contribution is -0.171. The van der Waals surface area contributed by atoms with E-state index in [9.17, 15) is 37.5 Å². The lowest BCUT2D eigenvalue weighted by Crippen LogP contribution is -2.51. The average molecular weight is 698 g/mol. The second-order valence-corrected chi connectivity index (χ2v) is 18.9. The zero-order chi connectivity index (χ0) is 36.0. The fraction of sp³-hybridized carbons (Fsp3) is 0.516. The monoisotopic (exact) mass is 697 g/mol. The number of hydrogen-bond acceptors (Lipinski definition) is 8. The normalized spacial score (nSPS) is 17.7. The van der Waals surface area contributed by atoms with E-state index in [-0.39, 0.29) is 40.8 Å². The molecule has 2 aromatic rings. The second kappa shape index (κ2) is 15.2. The molecule has 0 aliphatic carbocycles. The highest BCUT2D eigenvalue weighted by molar-refractivity contribution is 6.76. The third-order valence-electron chi connectivity index (χ3n) is 6.96. The molecule has 0 saturated carbocycles. The number of imidazole rings is 1. The van der Waals surface area contributed by atoms with Crippen molar-refractivity contribution in [1.29, 1.82) is 0 Å². The number of fused-ring (bicyclic) bond motifs is 4. The highest BCUT2D eigenvalue weighted by Crippen LogP contribution is 2.38. The number of rotatable bonds is 8. The van der Waals surface area contributed by atoms with Crippen LogP contribution >= 0.6 is 0 Å². The standard InChI is InChI=1S/C31H42F3N5O8Si/c1-30(2,3)47-29(44)37-21-10-8-9-11-23(26(40)41)39(27(42)31(32,33)34)24-16-19(35-28(43)45-4)12-13-20(24)22-17-38(25(21)36-22)18-46-14-15-48(5,6)7/h8-9,12-13,16-17,21,23H,10-11,14-15,18H2,1-7H3,(H,35,43)(H,37,44)(H,40,41)/b9-8+/t21-,23+/m0/s1. The summed E-state index contributed by atoms with van der Waals surface area (Å²) in [6.07, 6.45) is -3.38. The Labute approximate surface area is 277 Å². The number of carboxylic acids is 1. The van der Waals surface area contributed by atoms with Crippen molar-refractivity contribution in [3.63, 3.8) is 0 Å². The summed E-state index contributed by atoms with van der Waals surface area (Å²) in [5, 5.41) is 15.2. The maximum absolute atomic E-state index is 14.1. The Morgan fingerprint density at radius 3 is 2.31 bits per heavy atom. The molecule has 0 saturated heterocycles. The Morgan fingerprint density at radius 2 is 1.73 bits per heavy atom. The first-order valence-electron chi connectivity index (χ1n) is 15.1. The van der Waals surface area contributed by atoms with Gasteiger partial charge in [-0.2, -0.15) is 13.2 Å². The van der Waals surface area contributed by atoms with Crippen LogP contribution in [0.2, 0.25) is 25.7 Å². The zero-order valence-corrected chi connectivity index (χ0v) is 28.9. The number of aromatic nitrogens is 2. The lowest BCUT2D eigenvalue weighted by Gasteiger charge is -2.31. The molecule has 2 bridgehead atoms. The number of aliphatic carboxylic acids is 1. The molecule has 0 fully saturated rings. The number of alkyl halides is 3. The van der Waals surface area contributed by atoms with Gasteiger partial charge in [0.05, 0.1) is 24.5 Å². The summed E-state index contributed by atoms with van der Waals surface area (Å²) in [5.41, 5.74) is -1.41. The highest BCUT2D eigenvalue weighted by Gasteiger charge is 2.47. The van der Waals surface area contributed by atoms with Gasteiger partial charge < -0.3 is 29.2 Å². The van der Waals surface area contributed by atoms with E-state index >= 15 is 0 Å². The Hall–Kier alpha value is -4.38. The molecule has 1 aliphatic heterocycles. The van der Waals surface area contributed by atoms with Crippen molar-refractivity contribution in [1.82, 2.24) is 14.9 Å². The van der Waals surface area contributed by atoms with Crippen LogP contribution in [0, 0.1) is 0 Å². The van der Waals surface area contributed by atoms with E-state index in [1.807, 2.05) is 0 Å². The first-order valence-corrected chi connectivity index (χ1v) is 18.8. The fourth-order valence-corrected chi connectivity index (χ4v) is 5.44. The number of benzene rings is 1. The largest absolute Gasteiger partial charge is 0.480 e. The van der Waals surface area contributed by atoms with Gasteiger partial charge in [-0.25, -0.2) is 19.4 Å². The van der Waals surface area contributed by atoms with E-state index in [0.29, 0.717) is 6.61 Å². The zero-order valence-electron chi connectivity index (χ0n) is 27.9. The number of alkyl carbamates (subject to hydrolysis) is 1. The number of ether oxygens (including phenoxy) is 3. The van der Waals surface area contributed by atoms with Gasteiger partial charge in [-0.05, 0) is 57.9 Å². The third kappa shape index (κ3) is 10.6. The maximum atomic E-state index is 14.1. The number of methoxy groups -OCH3 is 1. The third-order valence-corrected chi connectivity index (χ3v) is 8.66. The van der Waals surface area contributed by atoms with Gasteiger partial charge >= 0.3 is 30.2 Å². The van der Waals surface area contributed by atoms with E-state index in [4.69, 9.17) is 9.47 Å². The second-order valence-electron chi connectivity index (χ2n) is 13.3. The minimum absolute atomic E-state index is 0.0384. The molecule has 2 heterocycles. The van der Waals surface area contributed by atoms with Crippen LogP contribution < -0.4 is 15.5 Å². The average Bonchev–Trinajstić information content (AvgIpc) is 3.37. The molecule has 1 aliphatic rings. The van der Waals surface area contributed by atoms with Crippen LogP contribution in [-0.4, -0.2) is 78.3 Å². The van der Waals surface area contributed by atoms with Gasteiger partial charge in [-0.1, -0.05) is 31.8 Å². The minimum Gasteiger partial charge on any atom is -0.480 e. The van der Waals surface area contributed by atoms with E-state index in [1.165, 1.54) is 30.5 Å². The molecule has 3 amide bonds. The summed E-state index contributed by atoms with van der Waals surface area (Å²) in [6.45, 7) is 12.0. The predicted octanol–water partition coefficient (Wildman–Crippen LogP) is 6.31. The summed E-state index contributed by atoms with van der Waals surface area (Å²) in [5.74, 6) is -3.88. The summed E-state index contributed by atoms with van der Waals surface area (Å²) in [4.78, 5) is 55.2. The molecule has 1 aromatic heterocycles. The molecular weight excluding hydrogens is 655 g/mol. The van der Waals surface area contributed by atoms with Crippen LogP contribution in [0.1, 0.15) is 45.5 Å². The molecule has 2 atom stereocenters. The van der Waals surface area contributed by atoms with Crippen molar-refractivity contribution >= 4 is 43.5 Å². The van der Waals surface area contributed by atoms with Gasteiger partial charge in [-0.15, -0.1) is 0 Å². The van der Waals surface area contributed by atoms with Crippen molar-refractivity contribution < 1.29 is 51.7 Å². The van der Waals surface area contributed by atoms with Gasteiger partial charge in [0.1, 0.15) is 24.2 Å². The Balaban J connectivity index is 2.30. The summed E-state index contributed by atoms with van der Waals surface area (Å²) < 4.78 is 59.8. The topological polar surface area (TPSA) is 161 Å². The molecule has 48 heavy (non-hydrogen) atoms. The fourth-order valence-electron chi connectivity index (χ4n) is 4.69. The first kappa shape index (κ1) is 38.1. The van der Waals surface area contributed by atoms with E-state index in [1.54, 1.807) is 25.3 Å². The van der Waals surface area contributed by atoms with Gasteiger partial charge in [0.15, 0.2) is 0 Å². The number of nitrogens with zero attached hydrogens (tertiary/aromatic N) is 3. The van der Waals surface area contributed by atoms with Crippen LogP contribution in [0.25, 0.3) is 11.3 Å². The smallest absolute Gasteiger partial charge is 0.471 e. The molecule has 13 nitrogen and oxygen atoms in total. The maximum Gasteiger partial charge on any atom is 0.471 e.